The molecule has 19 nitrogen and oxygen atoms in total. The molecule has 0 aliphatic carbocycles. The summed E-state index contributed by atoms with van der Waals surface area (Å²) in [6.07, 6.45) is 21.1. The van der Waals surface area contributed by atoms with Gasteiger partial charge in [-0.2, -0.15) is 0 Å². The minimum atomic E-state index is -1.98. The summed E-state index contributed by atoms with van der Waals surface area (Å²) in [7, 11) is 0. The van der Waals surface area contributed by atoms with Crippen LogP contribution in [0.15, 0.2) is 48.6 Å². The largest absolute Gasteiger partial charge is 0.394 e. The molecule has 0 bridgehead atoms. The summed E-state index contributed by atoms with van der Waals surface area (Å²) < 4.78 is 34.2. The van der Waals surface area contributed by atoms with Gasteiger partial charge in [0.1, 0.15) is 73.2 Å². The van der Waals surface area contributed by atoms with Crippen LogP contribution < -0.4 is 5.32 Å². The number of carbonyl (C=O) groups is 1. The van der Waals surface area contributed by atoms with Crippen molar-refractivity contribution in [2.24, 2.45) is 0 Å². The third-order valence-electron chi connectivity index (χ3n) is 15.1. The van der Waals surface area contributed by atoms with Gasteiger partial charge in [-0.25, -0.2) is 0 Å². The molecule has 79 heavy (non-hydrogen) atoms. The van der Waals surface area contributed by atoms with Crippen molar-refractivity contribution in [1.29, 1.82) is 0 Å². The quantitative estimate of drug-likeness (QED) is 0.0265. The zero-order valence-electron chi connectivity index (χ0n) is 47.8. The van der Waals surface area contributed by atoms with Crippen molar-refractivity contribution in [3.05, 3.63) is 48.6 Å². The van der Waals surface area contributed by atoms with Crippen molar-refractivity contribution in [1.82, 2.24) is 5.32 Å². The Labute approximate surface area is 472 Å². The molecule has 3 aliphatic rings. The lowest BCUT2D eigenvalue weighted by Crippen LogP contribution is -2.66. The van der Waals surface area contributed by atoms with E-state index in [1.807, 2.05) is 6.08 Å². The van der Waals surface area contributed by atoms with Crippen molar-refractivity contribution in [2.45, 2.75) is 298 Å². The highest BCUT2D eigenvalue weighted by Crippen LogP contribution is 2.33. The van der Waals surface area contributed by atoms with Gasteiger partial charge in [0.15, 0.2) is 18.9 Å². The molecule has 0 aromatic carbocycles. The Morgan fingerprint density at radius 1 is 0.443 bits per heavy atom. The molecule has 0 saturated carbocycles. The molecule has 0 aromatic rings. The van der Waals surface area contributed by atoms with Crippen LogP contribution in [0.5, 0.6) is 0 Å². The molecule has 0 spiro atoms. The predicted molar refractivity (Wildman–Crippen MR) is 300 cm³/mol. The van der Waals surface area contributed by atoms with E-state index < -0.39 is 124 Å². The predicted octanol–water partition coefficient (Wildman–Crippen LogP) is 5.48. The maximum atomic E-state index is 13.3. The van der Waals surface area contributed by atoms with Crippen LogP contribution in [0.3, 0.4) is 0 Å². The van der Waals surface area contributed by atoms with Crippen LogP contribution in [0.4, 0.5) is 0 Å². The Balaban J connectivity index is 1.51. The van der Waals surface area contributed by atoms with E-state index in [9.17, 15) is 61.0 Å². The van der Waals surface area contributed by atoms with Crippen LogP contribution in [-0.2, 0) is 33.2 Å². The number of ether oxygens (including phenoxy) is 6. The van der Waals surface area contributed by atoms with Crippen LogP contribution in [0.25, 0.3) is 0 Å². The van der Waals surface area contributed by atoms with Crippen LogP contribution in [0, 0.1) is 0 Å². The minimum Gasteiger partial charge on any atom is -0.394 e. The molecule has 3 fully saturated rings. The molecule has 0 radical (unpaired) electrons. The van der Waals surface area contributed by atoms with Gasteiger partial charge in [0.2, 0.25) is 5.91 Å². The van der Waals surface area contributed by atoms with E-state index in [1.165, 1.54) is 96.3 Å². The van der Waals surface area contributed by atoms with Gasteiger partial charge in [-0.05, 0) is 70.6 Å². The smallest absolute Gasteiger partial charge is 0.220 e. The highest BCUT2D eigenvalue weighted by Gasteiger charge is 2.53. The van der Waals surface area contributed by atoms with Crippen molar-refractivity contribution in [3.63, 3.8) is 0 Å². The topological polar surface area (TPSA) is 307 Å². The molecule has 1 amide bonds. The molecular formula is C60H107NO18. The summed E-state index contributed by atoms with van der Waals surface area (Å²) in [5.74, 6) is -0.302. The maximum Gasteiger partial charge on any atom is 0.220 e. The lowest BCUT2D eigenvalue weighted by atomic mass is 9.96. The van der Waals surface area contributed by atoms with Crippen LogP contribution in [0.1, 0.15) is 194 Å². The van der Waals surface area contributed by atoms with E-state index in [4.69, 9.17) is 28.4 Å². The standard InChI is InChI=1S/C60H107NO18/c1-3-5-7-9-11-13-15-17-18-19-20-21-22-23-24-25-26-27-29-31-33-35-37-44(65)43(61-48(66)38-36-34-32-30-28-16-14-12-10-8-6-4-2)42-74-58-54(72)51(69)56(46(40-63)76-58)79-60-55(73)52(70)57(47(41-64)77-60)78-59-53(71)50(68)49(67)45(39-62)75-59/h12,14,23-24,27,29,35,37,43-47,49-60,62-65,67-73H,3-11,13,15-22,25-26,28,30-34,36,38-42H2,1-2H3,(H,61,66)/b14-12-,24-23+,29-27+,37-35+. The number of rotatable bonds is 44. The van der Waals surface area contributed by atoms with Crippen molar-refractivity contribution >= 4 is 5.91 Å². The number of unbranched alkanes of at least 4 members (excludes halogenated alkanes) is 22. The number of carbonyl (C=O) groups excluding carboxylic acids is 1. The summed E-state index contributed by atoms with van der Waals surface area (Å²) >= 11 is 0. The third kappa shape index (κ3) is 27.3. The fraction of sp³-hybridized carbons (Fsp3) is 0.850. The monoisotopic (exact) mass is 1130 g/mol. The number of hydrogen-bond donors (Lipinski definition) is 12. The maximum absolute atomic E-state index is 13.3. The Morgan fingerprint density at radius 2 is 0.810 bits per heavy atom. The highest BCUT2D eigenvalue weighted by molar-refractivity contribution is 5.76. The average molecular weight is 1130 g/mol. The van der Waals surface area contributed by atoms with E-state index in [1.54, 1.807) is 6.08 Å². The molecule has 460 valence electrons. The molecule has 3 saturated heterocycles. The van der Waals surface area contributed by atoms with E-state index in [0.717, 1.165) is 64.2 Å². The molecule has 3 aliphatic heterocycles. The summed E-state index contributed by atoms with van der Waals surface area (Å²) in [5.41, 5.74) is 0. The molecule has 3 rings (SSSR count). The van der Waals surface area contributed by atoms with Gasteiger partial charge in [-0.15, -0.1) is 0 Å². The lowest BCUT2D eigenvalue weighted by molar-refractivity contribution is -0.379. The zero-order chi connectivity index (χ0) is 57.6. The van der Waals surface area contributed by atoms with Crippen LogP contribution in [0.2, 0.25) is 0 Å². The summed E-state index contributed by atoms with van der Waals surface area (Å²) in [6.45, 7) is 1.65. The van der Waals surface area contributed by atoms with Gasteiger partial charge >= 0.3 is 0 Å². The second-order valence-electron chi connectivity index (χ2n) is 21.8. The Morgan fingerprint density at radius 3 is 1.29 bits per heavy atom. The second kappa shape index (κ2) is 43.4. The summed E-state index contributed by atoms with van der Waals surface area (Å²) in [6, 6.07) is -1.000. The molecule has 12 N–H and O–H groups in total. The Hall–Kier alpha value is -2.25. The average Bonchev–Trinajstić information content (AvgIpc) is 3.57. The van der Waals surface area contributed by atoms with Gasteiger partial charge in [0.25, 0.3) is 0 Å². The molecule has 19 heteroatoms. The van der Waals surface area contributed by atoms with E-state index in [-0.39, 0.29) is 18.9 Å². The summed E-state index contributed by atoms with van der Waals surface area (Å²) in [4.78, 5) is 13.3. The fourth-order valence-electron chi connectivity index (χ4n) is 10.0. The molecule has 3 heterocycles. The Bertz CT molecular complexity index is 1630. The van der Waals surface area contributed by atoms with Gasteiger partial charge in [0, 0.05) is 6.42 Å². The second-order valence-corrected chi connectivity index (χ2v) is 21.8. The van der Waals surface area contributed by atoms with Crippen molar-refractivity contribution < 1.29 is 89.4 Å². The first-order valence-corrected chi connectivity index (χ1v) is 30.4. The van der Waals surface area contributed by atoms with Gasteiger partial charge in [0.05, 0.1) is 38.6 Å². The number of allylic oxidation sites excluding steroid dienone is 7. The van der Waals surface area contributed by atoms with Crippen LogP contribution in [-0.4, -0.2) is 193 Å². The fourth-order valence-corrected chi connectivity index (χ4v) is 10.0. The van der Waals surface area contributed by atoms with Crippen LogP contribution >= 0.6 is 0 Å². The van der Waals surface area contributed by atoms with Gasteiger partial charge in [-0.1, -0.05) is 165 Å². The number of aliphatic hydroxyl groups excluding tert-OH is 11. The first-order chi connectivity index (χ1) is 38.3. The third-order valence-corrected chi connectivity index (χ3v) is 15.1. The number of aliphatic hydroxyl groups is 11. The molecule has 17 atom stereocenters. The minimum absolute atomic E-state index is 0.220. The first kappa shape index (κ1) is 71.0. The normalized spacial score (nSPS) is 30.6. The lowest BCUT2D eigenvalue weighted by Gasteiger charge is -2.48. The summed E-state index contributed by atoms with van der Waals surface area (Å²) in [5, 5.41) is 120. The number of amides is 1. The number of nitrogens with one attached hydrogen (secondary N) is 1. The van der Waals surface area contributed by atoms with Crippen molar-refractivity contribution in [2.75, 3.05) is 26.4 Å². The van der Waals surface area contributed by atoms with Gasteiger partial charge < -0.3 is 89.9 Å². The highest BCUT2D eigenvalue weighted by atomic mass is 16.8. The van der Waals surface area contributed by atoms with E-state index >= 15 is 0 Å². The van der Waals surface area contributed by atoms with Crippen molar-refractivity contribution in [3.8, 4) is 0 Å². The molecular weight excluding hydrogens is 1020 g/mol. The number of hydrogen-bond acceptors (Lipinski definition) is 18. The SMILES string of the molecule is CCCCC/C=C\CCCCCCCC(=O)NC(COC1OC(CO)C(OC2OC(CO)C(OC3OC(CO)C(O)C(O)C3O)C(O)C2O)C(O)C1O)C(O)/C=C/CC/C=C/CC/C=C/CCCCCCCCCCCCCC. The molecule has 17 unspecified atom stereocenters. The van der Waals surface area contributed by atoms with Gasteiger partial charge in [-0.3, -0.25) is 4.79 Å². The first-order valence-electron chi connectivity index (χ1n) is 30.4. The van der Waals surface area contributed by atoms with E-state index in [2.05, 4.69) is 55.6 Å². The molecule has 0 aromatic heterocycles. The van der Waals surface area contributed by atoms with E-state index in [0.29, 0.717) is 12.8 Å². The zero-order valence-corrected chi connectivity index (χ0v) is 47.8. The Kier molecular flexibility index (Phi) is 39.0.